The predicted molar refractivity (Wildman–Crippen MR) is 67.1 cm³/mol. The van der Waals surface area contributed by atoms with E-state index < -0.39 is 17.6 Å². The van der Waals surface area contributed by atoms with Gasteiger partial charge in [-0.05, 0) is 34.5 Å². The van der Waals surface area contributed by atoms with Gasteiger partial charge in [0, 0.05) is 4.47 Å². The molecule has 0 heterocycles. The molecular formula is C11H9BrClFN2O. The Bertz CT molecular complexity index is 464. The van der Waals surface area contributed by atoms with Gasteiger partial charge in [0.25, 0.3) is 0 Å². The molecule has 1 aromatic carbocycles. The van der Waals surface area contributed by atoms with Gasteiger partial charge in [-0.15, -0.1) is 0 Å². The van der Waals surface area contributed by atoms with Crippen LogP contribution in [0.2, 0.25) is 5.02 Å². The molecule has 0 saturated heterocycles. The number of carbonyl (C=O) groups is 1. The maximum Gasteiger partial charge on any atom is 0.241 e. The molecule has 6 heteroatoms. The summed E-state index contributed by atoms with van der Waals surface area (Å²) in [4.78, 5) is 11.7. The van der Waals surface area contributed by atoms with Crippen molar-refractivity contribution in [2.45, 2.75) is 13.3 Å². The van der Waals surface area contributed by atoms with E-state index in [0.717, 1.165) is 6.07 Å². The minimum Gasteiger partial charge on any atom is -0.323 e. The number of amides is 1. The van der Waals surface area contributed by atoms with Gasteiger partial charge in [0.15, 0.2) is 0 Å². The molecule has 1 N–H and O–H groups in total. The highest BCUT2D eigenvalue weighted by Gasteiger charge is 2.18. The molecule has 0 aliphatic carbocycles. The molecule has 0 bridgehead atoms. The number of nitriles is 1. The Morgan fingerprint density at radius 1 is 1.71 bits per heavy atom. The van der Waals surface area contributed by atoms with E-state index in [2.05, 4.69) is 21.2 Å². The average molecular weight is 320 g/mol. The Kier molecular flexibility index (Phi) is 4.91. The highest BCUT2D eigenvalue weighted by molar-refractivity contribution is 9.10. The predicted octanol–water partition coefficient (Wildman–Crippen LogP) is 3.73. The van der Waals surface area contributed by atoms with E-state index in [-0.39, 0.29) is 10.7 Å². The zero-order valence-electron chi connectivity index (χ0n) is 8.93. The van der Waals surface area contributed by atoms with Crippen LogP contribution in [0.4, 0.5) is 10.1 Å². The van der Waals surface area contributed by atoms with Gasteiger partial charge in [0.05, 0.1) is 16.8 Å². The summed E-state index contributed by atoms with van der Waals surface area (Å²) in [5.41, 5.74) is 0.270. The molecule has 1 unspecified atom stereocenters. The van der Waals surface area contributed by atoms with Crippen LogP contribution < -0.4 is 5.32 Å². The number of halogens is 3. The summed E-state index contributed by atoms with van der Waals surface area (Å²) in [6.07, 6.45) is 0.402. The first-order valence-electron chi connectivity index (χ1n) is 4.84. The van der Waals surface area contributed by atoms with Gasteiger partial charge in [0.1, 0.15) is 11.7 Å². The molecule has 1 aromatic rings. The third-order valence-electron chi connectivity index (χ3n) is 2.14. The van der Waals surface area contributed by atoms with Gasteiger partial charge >= 0.3 is 0 Å². The fraction of sp³-hybridized carbons (Fsp3) is 0.273. The van der Waals surface area contributed by atoms with Gasteiger partial charge in [-0.1, -0.05) is 18.5 Å². The van der Waals surface area contributed by atoms with Crippen molar-refractivity contribution in [3.05, 3.63) is 27.4 Å². The van der Waals surface area contributed by atoms with Crippen LogP contribution in [-0.2, 0) is 4.79 Å². The van der Waals surface area contributed by atoms with Crippen LogP contribution in [0.25, 0.3) is 0 Å². The van der Waals surface area contributed by atoms with Crippen LogP contribution >= 0.6 is 27.5 Å². The van der Waals surface area contributed by atoms with Crippen molar-refractivity contribution in [1.29, 1.82) is 5.26 Å². The van der Waals surface area contributed by atoms with Crippen molar-refractivity contribution in [2.24, 2.45) is 5.92 Å². The maximum absolute atomic E-state index is 13.0. The van der Waals surface area contributed by atoms with E-state index in [1.165, 1.54) is 6.07 Å². The first kappa shape index (κ1) is 13.9. The van der Waals surface area contributed by atoms with E-state index in [1.54, 1.807) is 6.92 Å². The molecular weight excluding hydrogens is 310 g/mol. The SMILES string of the molecule is CCC(C#N)C(=O)Nc1c(Cl)cc(F)cc1Br. The number of hydrogen-bond acceptors (Lipinski definition) is 2. The summed E-state index contributed by atoms with van der Waals surface area (Å²) >= 11 is 8.90. The van der Waals surface area contributed by atoms with E-state index in [1.807, 2.05) is 6.07 Å². The molecule has 1 atom stereocenters. The maximum atomic E-state index is 13.0. The smallest absolute Gasteiger partial charge is 0.241 e. The lowest BCUT2D eigenvalue weighted by Gasteiger charge is -2.11. The van der Waals surface area contributed by atoms with Crippen molar-refractivity contribution in [3.8, 4) is 6.07 Å². The van der Waals surface area contributed by atoms with E-state index >= 15 is 0 Å². The summed E-state index contributed by atoms with van der Waals surface area (Å²) in [7, 11) is 0. The Hall–Kier alpha value is -1.12. The molecule has 90 valence electrons. The highest BCUT2D eigenvalue weighted by Crippen LogP contribution is 2.32. The normalized spacial score (nSPS) is 11.7. The largest absolute Gasteiger partial charge is 0.323 e. The van der Waals surface area contributed by atoms with Crippen molar-refractivity contribution in [2.75, 3.05) is 5.32 Å². The van der Waals surface area contributed by atoms with E-state index in [4.69, 9.17) is 16.9 Å². The van der Waals surface area contributed by atoms with Crippen molar-refractivity contribution < 1.29 is 9.18 Å². The Morgan fingerprint density at radius 3 is 2.82 bits per heavy atom. The van der Waals surface area contributed by atoms with Crippen LogP contribution in [0.15, 0.2) is 16.6 Å². The van der Waals surface area contributed by atoms with Crippen LogP contribution in [-0.4, -0.2) is 5.91 Å². The summed E-state index contributed by atoms with van der Waals surface area (Å²) < 4.78 is 13.3. The van der Waals surface area contributed by atoms with Crippen molar-refractivity contribution >= 4 is 39.1 Å². The molecule has 0 aliphatic heterocycles. The minimum absolute atomic E-state index is 0.0815. The molecule has 1 rings (SSSR count). The minimum atomic E-state index is -0.747. The molecule has 0 aliphatic rings. The van der Waals surface area contributed by atoms with Gasteiger partial charge in [-0.2, -0.15) is 5.26 Å². The summed E-state index contributed by atoms with van der Waals surface area (Å²) in [5.74, 6) is -1.71. The summed E-state index contributed by atoms with van der Waals surface area (Å²) in [6, 6.07) is 4.16. The lowest BCUT2D eigenvalue weighted by atomic mass is 10.1. The first-order chi connectivity index (χ1) is 7.99. The summed E-state index contributed by atoms with van der Waals surface area (Å²) in [6.45, 7) is 1.73. The first-order valence-corrected chi connectivity index (χ1v) is 6.01. The molecule has 1 amide bonds. The highest BCUT2D eigenvalue weighted by atomic mass is 79.9. The number of nitrogens with one attached hydrogen (secondary N) is 1. The van der Waals surface area contributed by atoms with Crippen LogP contribution in [0.5, 0.6) is 0 Å². The summed E-state index contributed by atoms with van der Waals surface area (Å²) in [5, 5.41) is 11.3. The molecule has 3 nitrogen and oxygen atoms in total. The van der Waals surface area contributed by atoms with E-state index in [9.17, 15) is 9.18 Å². The standard InChI is InChI=1S/C11H9BrClFN2O/c1-2-6(5-15)11(17)16-10-8(12)3-7(14)4-9(10)13/h3-4,6H,2H2,1H3,(H,16,17). The number of benzene rings is 1. The number of hydrogen-bond donors (Lipinski definition) is 1. The van der Waals surface area contributed by atoms with Crippen molar-refractivity contribution in [3.63, 3.8) is 0 Å². The van der Waals surface area contributed by atoms with Crippen LogP contribution in [0, 0.1) is 23.1 Å². The third-order valence-corrected chi connectivity index (χ3v) is 3.06. The van der Waals surface area contributed by atoms with Crippen LogP contribution in [0.3, 0.4) is 0 Å². The van der Waals surface area contributed by atoms with E-state index in [0.29, 0.717) is 10.9 Å². The molecule has 17 heavy (non-hydrogen) atoms. The molecule has 0 spiro atoms. The van der Waals surface area contributed by atoms with Gasteiger partial charge in [-0.3, -0.25) is 4.79 Å². The second-order valence-electron chi connectivity index (χ2n) is 3.32. The Balaban J connectivity index is 2.97. The topological polar surface area (TPSA) is 52.9 Å². The fourth-order valence-electron chi connectivity index (χ4n) is 1.21. The number of carbonyl (C=O) groups excluding carboxylic acids is 1. The Morgan fingerprint density at radius 2 is 2.35 bits per heavy atom. The lowest BCUT2D eigenvalue weighted by molar-refractivity contribution is -0.118. The van der Waals surface area contributed by atoms with Gasteiger partial charge in [0.2, 0.25) is 5.91 Å². The average Bonchev–Trinajstić information content (AvgIpc) is 2.25. The monoisotopic (exact) mass is 318 g/mol. The second kappa shape index (κ2) is 5.99. The zero-order chi connectivity index (χ0) is 13.0. The lowest BCUT2D eigenvalue weighted by Crippen LogP contribution is -2.21. The molecule has 0 fully saturated rings. The fourth-order valence-corrected chi connectivity index (χ4v) is 2.11. The van der Waals surface area contributed by atoms with Gasteiger partial charge in [-0.25, -0.2) is 4.39 Å². The van der Waals surface area contributed by atoms with Crippen LogP contribution in [0.1, 0.15) is 13.3 Å². The number of anilines is 1. The molecule has 0 radical (unpaired) electrons. The number of nitrogens with zero attached hydrogens (tertiary/aromatic N) is 1. The number of rotatable bonds is 3. The van der Waals surface area contributed by atoms with Gasteiger partial charge < -0.3 is 5.32 Å². The quantitative estimate of drug-likeness (QED) is 0.923. The molecule has 0 saturated carbocycles. The Labute approximate surface area is 112 Å². The molecule has 0 aromatic heterocycles. The third kappa shape index (κ3) is 3.42. The second-order valence-corrected chi connectivity index (χ2v) is 4.59. The zero-order valence-corrected chi connectivity index (χ0v) is 11.3. The van der Waals surface area contributed by atoms with Crippen molar-refractivity contribution in [1.82, 2.24) is 0 Å².